The summed E-state index contributed by atoms with van der Waals surface area (Å²) in [5.74, 6) is -7.73. The number of anilines is 4. The molecule has 0 aliphatic carbocycles. The van der Waals surface area contributed by atoms with E-state index in [1.54, 1.807) is 18.7 Å². The lowest BCUT2D eigenvalue weighted by Crippen LogP contribution is -2.34. The van der Waals surface area contributed by atoms with Crippen LogP contribution < -0.4 is 16.0 Å². The fourth-order valence-electron chi connectivity index (χ4n) is 5.62. The fourth-order valence-corrected chi connectivity index (χ4v) is 5.62. The van der Waals surface area contributed by atoms with Crippen molar-refractivity contribution in [3.63, 3.8) is 0 Å². The second-order valence-corrected chi connectivity index (χ2v) is 12.1. The Labute approximate surface area is 314 Å². The molecule has 0 fully saturated rings. The fraction of sp³-hybridized carbons (Fsp3) is 0.0541. The number of aromatic nitrogens is 8. The van der Waals surface area contributed by atoms with Crippen LogP contribution in [0.3, 0.4) is 0 Å². The zero-order valence-electron chi connectivity index (χ0n) is 29.1. The molecule has 0 aliphatic rings. The number of halogens is 8. The highest BCUT2D eigenvalue weighted by molar-refractivity contribution is 6.04. The van der Waals surface area contributed by atoms with E-state index in [1.165, 1.54) is 23.3 Å². The maximum Gasteiger partial charge on any atom is 0.325 e. The Balaban J connectivity index is 0.000000175. The number of fused-ring (bicyclic) bond motifs is 2. The topological polar surface area (TPSA) is 146 Å². The van der Waals surface area contributed by atoms with Gasteiger partial charge < -0.3 is 20.2 Å². The van der Waals surface area contributed by atoms with Crippen molar-refractivity contribution in [2.24, 2.45) is 19.8 Å². The van der Waals surface area contributed by atoms with Crippen LogP contribution in [0.4, 0.5) is 62.9 Å². The monoisotopic (exact) mass is 789 g/mol. The molecule has 0 atom stereocenters. The van der Waals surface area contributed by atoms with E-state index in [1.807, 2.05) is 0 Å². The number of carbonyl (C=O) groups excluding carboxylic acids is 1. The predicted molar refractivity (Wildman–Crippen MR) is 191 cm³/mol. The molecule has 0 spiro atoms. The quantitative estimate of drug-likeness (QED) is 0.161. The van der Waals surface area contributed by atoms with E-state index < -0.39 is 63.9 Å². The molecule has 12 nitrogen and oxygen atoms in total. The van der Waals surface area contributed by atoms with Gasteiger partial charge in [-0.25, -0.2) is 74.7 Å². The van der Waals surface area contributed by atoms with Crippen LogP contribution >= 0.6 is 0 Å². The number of para-hydroxylation sites is 2. The van der Waals surface area contributed by atoms with Crippen molar-refractivity contribution in [2.75, 3.05) is 10.2 Å². The minimum atomic E-state index is -1.25. The molecule has 20 heteroatoms. The highest BCUT2D eigenvalue weighted by atomic mass is 19.2. The first-order valence-electron chi connectivity index (χ1n) is 16.2. The number of nitrogens with two attached hydrogens (primary N) is 1. The van der Waals surface area contributed by atoms with Crippen molar-refractivity contribution in [1.29, 1.82) is 0 Å². The number of urea groups is 1. The van der Waals surface area contributed by atoms with Crippen molar-refractivity contribution in [1.82, 2.24) is 39.0 Å². The first kappa shape index (κ1) is 37.8. The van der Waals surface area contributed by atoms with E-state index in [-0.39, 0.29) is 51.1 Å². The summed E-state index contributed by atoms with van der Waals surface area (Å²) >= 11 is 0. The lowest BCUT2D eigenvalue weighted by atomic mass is 10.2. The van der Waals surface area contributed by atoms with E-state index in [0.717, 1.165) is 60.7 Å². The Kier molecular flexibility index (Phi) is 9.92. The van der Waals surface area contributed by atoms with Gasteiger partial charge in [-0.05, 0) is 48.5 Å². The van der Waals surface area contributed by atoms with E-state index >= 15 is 0 Å². The second-order valence-electron chi connectivity index (χ2n) is 12.1. The van der Waals surface area contributed by atoms with Gasteiger partial charge >= 0.3 is 6.03 Å². The van der Waals surface area contributed by atoms with Crippen LogP contribution in [-0.2, 0) is 14.1 Å². The molecule has 0 radical (unpaired) electrons. The molecular weight excluding hydrogens is 766 g/mol. The predicted octanol–water partition coefficient (Wildman–Crippen LogP) is 8.13. The molecule has 0 saturated carbocycles. The summed E-state index contributed by atoms with van der Waals surface area (Å²) in [5, 5.41) is 2.57. The van der Waals surface area contributed by atoms with Crippen LogP contribution in [-0.4, -0.2) is 45.1 Å². The molecule has 8 rings (SSSR count). The number of hydrogen-bond donors (Lipinski definition) is 2. The summed E-state index contributed by atoms with van der Waals surface area (Å²) in [5.41, 5.74) is 4.96. The molecule has 4 aromatic heterocycles. The number of hydrogen-bond acceptors (Lipinski definition) is 8. The lowest BCUT2D eigenvalue weighted by molar-refractivity contribution is 0.255. The second kappa shape index (κ2) is 15.0. The van der Waals surface area contributed by atoms with E-state index in [2.05, 4.69) is 35.2 Å². The lowest BCUT2D eigenvalue weighted by Gasteiger charge is -2.21. The van der Waals surface area contributed by atoms with Crippen molar-refractivity contribution in [2.45, 2.75) is 0 Å². The van der Waals surface area contributed by atoms with Crippen LogP contribution in [0, 0.1) is 46.5 Å². The standard InChI is InChI=1S/C19H12F4N6O.C18H11F4N5/c1-28-8-25-14-17(28)26-16(9-5-10(20)7-11(21)6-9)27-18(14)29(19(24)30)15-12(22)3-2-4-13(15)23;1-27-8-23-15-17(24-14-12(21)3-2-4-13(14)22)25-16(26-18(15)27)9-5-10(19)7-11(20)6-9/h2-8H,1H3,(H2,24,30);2-8H,1H3,(H,24,25,26). The smallest absolute Gasteiger partial charge is 0.325 e. The molecule has 0 unspecified atom stereocenters. The molecule has 0 bridgehead atoms. The first-order valence-corrected chi connectivity index (χ1v) is 16.2. The maximum atomic E-state index is 14.4. The SMILES string of the molecule is Cn1cnc2c(N(C(N)=O)c3c(F)cccc3F)nc(-c3cc(F)cc(F)c3)nc21.Cn1cnc2c(Nc3c(F)cccc3F)nc(-c3cc(F)cc(F)c3)nc21. The van der Waals surface area contributed by atoms with Gasteiger partial charge in [-0.1, -0.05) is 12.1 Å². The average Bonchev–Trinajstić information content (AvgIpc) is 3.72. The number of imidazole rings is 2. The number of rotatable bonds is 6. The number of aryl methyl sites for hydroxylation is 2. The van der Waals surface area contributed by atoms with Crippen molar-refractivity contribution in [3.05, 3.63) is 132 Å². The number of amides is 2. The highest BCUT2D eigenvalue weighted by Crippen LogP contribution is 2.35. The summed E-state index contributed by atoms with van der Waals surface area (Å²) in [6, 6.07) is 10.6. The average molecular weight is 790 g/mol. The third kappa shape index (κ3) is 7.46. The van der Waals surface area contributed by atoms with Crippen LogP contribution in [0.15, 0.2) is 85.5 Å². The van der Waals surface area contributed by atoms with Crippen molar-refractivity contribution >= 4 is 51.4 Å². The summed E-state index contributed by atoms with van der Waals surface area (Å²) < 4.78 is 114. The zero-order chi connectivity index (χ0) is 40.7. The molecule has 3 N–H and O–H groups in total. The Hall–Kier alpha value is -7.51. The molecule has 2 amide bonds. The number of carbonyl (C=O) groups is 1. The van der Waals surface area contributed by atoms with Gasteiger partial charge in [-0.15, -0.1) is 0 Å². The zero-order valence-corrected chi connectivity index (χ0v) is 29.1. The van der Waals surface area contributed by atoms with Crippen LogP contribution in [0.2, 0.25) is 0 Å². The third-order valence-corrected chi connectivity index (χ3v) is 8.14. The number of primary amides is 1. The largest absolute Gasteiger partial charge is 0.351 e. The Morgan fingerprint density at radius 2 is 1.05 bits per heavy atom. The van der Waals surface area contributed by atoms with Gasteiger partial charge in [0.2, 0.25) is 0 Å². The Morgan fingerprint density at radius 1 is 0.614 bits per heavy atom. The van der Waals surface area contributed by atoms with Gasteiger partial charge in [0.15, 0.2) is 45.6 Å². The van der Waals surface area contributed by atoms with Gasteiger partial charge in [0.1, 0.15) is 57.9 Å². The molecular formula is C37H23F8N11O. The minimum Gasteiger partial charge on any atom is -0.351 e. The van der Waals surface area contributed by atoms with Crippen LogP contribution in [0.5, 0.6) is 0 Å². The number of nitrogens with one attached hydrogen (secondary N) is 1. The Morgan fingerprint density at radius 3 is 1.54 bits per heavy atom. The normalized spacial score (nSPS) is 11.1. The van der Waals surface area contributed by atoms with Crippen molar-refractivity contribution < 1.29 is 39.9 Å². The molecule has 57 heavy (non-hydrogen) atoms. The molecule has 4 heterocycles. The van der Waals surface area contributed by atoms with Gasteiger partial charge in [0.05, 0.1) is 12.7 Å². The summed E-state index contributed by atoms with van der Waals surface area (Å²) in [4.78, 5) is 37.7. The van der Waals surface area contributed by atoms with Crippen molar-refractivity contribution in [3.8, 4) is 22.8 Å². The first-order chi connectivity index (χ1) is 27.2. The molecule has 0 aliphatic heterocycles. The van der Waals surface area contributed by atoms with E-state index in [9.17, 15) is 39.9 Å². The van der Waals surface area contributed by atoms with Gasteiger partial charge in [-0.2, -0.15) is 0 Å². The maximum absolute atomic E-state index is 14.4. The molecule has 0 saturated heterocycles. The van der Waals surface area contributed by atoms with Crippen LogP contribution in [0.1, 0.15) is 0 Å². The summed E-state index contributed by atoms with van der Waals surface area (Å²) in [6.45, 7) is 0. The molecule has 288 valence electrons. The van der Waals surface area contributed by atoms with E-state index in [4.69, 9.17) is 5.73 Å². The van der Waals surface area contributed by atoms with Gasteiger partial charge in [-0.3, -0.25) is 0 Å². The van der Waals surface area contributed by atoms with Gasteiger partial charge in [0, 0.05) is 37.4 Å². The van der Waals surface area contributed by atoms with E-state index in [0.29, 0.717) is 16.6 Å². The number of benzene rings is 4. The summed E-state index contributed by atoms with van der Waals surface area (Å²) in [6.07, 6.45) is 2.77. The van der Waals surface area contributed by atoms with Crippen LogP contribution in [0.25, 0.3) is 45.1 Å². The third-order valence-electron chi connectivity index (χ3n) is 8.14. The highest BCUT2D eigenvalue weighted by Gasteiger charge is 2.28. The molecule has 8 aromatic rings. The number of nitrogens with zero attached hydrogens (tertiary/aromatic N) is 9. The Bertz CT molecular complexity index is 2780. The summed E-state index contributed by atoms with van der Waals surface area (Å²) in [7, 11) is 3.23. The van der Waals surface area contributed by atoms with Gasteiger partial charge in [0.25, 0.3) is 0 Å². The molecule has 4 aromatic carbocycles. The minimum absolute atomic E-state index is 0.000391.